The molecule has 0 atom stereocenters. The summed E-state index contributed by atoms with van der Waals surface area (Å²) in [4.78, 5) is 0. The molecule has 0 bridgehead atoms. The van der Waals surface area contributed by atoms with Crippen molar-refractivity contribution < 1.29 is 10.4 Å². The standard InChI is InChI=1S/C21H34N2O2/c1-4-5-6-7-8-9-10-11-12-20(22-24)21(23-25)19-15-13-18(14-16-19)17(2)3/h13-17,24-25H,4-12H2,1-3H3. The summed E-state index contributed by atoms with van der Waals surface area (Å²) in [6.07, 6.45) is 10.4. The van der Waals surface area contributed by atoms with Gasteiger partial charge in [-0.15, -0.1) is 0 Å². The van der Waals surface area contributed by atoms with Crippen LogP contribution in [-0.2, 0) is 0 Å². The van der Waals surface area contributed by atoms with Crippen molar-refractivity contribution in [3.05, 3.63) is 35.4 Å². The van der Waals surface area contributed by atoms with Crippen molar-refractivity contribution in [3.8, 4) is 0 Å². The number of hydrogen-bond acceptors (Lipinski definition) is 4. The zero-order valence-corrected chi connectivity index (χ0v) is 16.0. The molecule has 0 aliphatic carbocycles. The molecule has 0 aliphatic heterocycles. The molecule has 0 saturated carbocycles. The highest BCUT2D eigenvalue weighted by atomic mass is 16.4. The third kappa shape index (κ3) is 7.72. The van der Waals surface area contributed by atoms with Gasteiger partial charge in [-0.2, -0.15) is 0 Å². The van der Waals surface area contributed by atoms with Crippen LogP contribution in [-0.4, -0.2) is 21.8 Å². The lowest BCUT2D eigenvalue weighted by molar-refractivity contribution is 0.313. The highest BCUT2D eigenvalue weighted by Gasteiger charge is 2.14. The number of unbranched alkanes of at least 4 members (excludes halogenated alkanes) is 7. The fourth-order valence-corrected chi connectivity index (χ4v) is 2.95. The maximum atomic E-state index is 9.38. The molecule has 4 nitrogen and oxygen atoms in total. The van der Waals surface area contributed by atoms with Gasteiger partial charge in [0.2, 0.25) is 0 Å². The van der Waals surface area contributed by atoms with Crippen molar-refractivity contribution in [1.82, 2.24) is 0 Å². The number of benzene rings is 1. The van der Waals surface area contributed by atoms with Crippen LogP contribution in [0.1, 0.15) is 95.6 Å². The third-order valence-electron chi connectivity index (χ3n) is 4.61. The van der Waals surface area contributed by atoms with Crippen molar-refractivity contribution in [3.63, 3.8) is 0 Å². The SMILES string of the molecule is CCCCCCCCCCC(=NO)C(=NO)c1ccc(C(C)C)cc1. The lowest BCUT2D eigenvalue weighted by Crippen LogP contribution is -2.16. The first-order valence-electron chi connectivity index (χ1n) is 9.67. The van der Waals surface area contributed by atoms with Gasteiger partial charge in [0.25, 0.3) is 0 Å². The van der Waals surface area contributed by atoms with Crippen LogP contribution in [0.15, 0.2) is 34.6 Å². The molecule has 0 unspecified atom stereocenters. The van der Waals surface area contributed by atoms with Crippen LogP contribution in [0.3, 0.4) is 0 Å². The van der Waals surface area contributed by atoms with E-state index in [1.165, 1.54) is 44.1 Å². The van der Waals surface area contributed by atoms with Gasteiger partial charge in [0, 0.05) is 5.56 Å². The molecular weight excluding hydrogens is 312 g/mol. The van der Waals surface area contributed by atoms with Crippen LogP contribution >= 0.6 is 0 Å². The Kier molecular flexibility index (Phi) is 10.6. The fourth-order valence-electron chi connectivity index (χ4n) is 2.95. The van der Waals surface area contributed by atoms with E-state index in [2.05, 4.69) is 31.1 Å². The third-order valence-corrected chi connectivity index (χ3v) is 4.61. The van der Waals surface area contributed by atoms with E-state index in [0.29, 0.717) is 23.8 Å². The Bertz CT molecular complexity index is 533. The van der Waals surface area contributed by atoms with Gasteiger partial charge >= 0.3 is 0 Å². The summed E-state index contributed by atoms with van der Waals surface area (Å²) < 4.78 is 0. The largest absolute Gasteiger partial charge is 0.411 e. The maximum Gasteiger partial charge on any atom is 0.134 e. The van der Waals surface area contributed by atoms with E-state index in [0.717, 1.165) is 18.4 Å². The van der Waals surface area contributed by atoms with Crippen molar-refractivity contribution in [2.24, 2.45) is 10.3 Å². The van der Waals surface area contributed by atoms with E-state index < -0.39 is 0 Å². The predicted molar refractivity (Wildman–Crippen MR) is 105 cm³/mol. The Morgan fingerprint density at radius 2 is 1.40 bits per heavy atom. The van der Waals surface area contributed by atoms with Crippen LogP contribution in [0.25, 0.3) is 0 Å². The van der Waals surface area contributed by atoms with E-state index in [9.17, 15) is 10.4 Å². The van der Waals surface area contributed by atoms with Gasteiger partial charge < -0.3 is 10.4 Å². The van der Waals surface area contributed by atoms with Crippen molar-refractivity contribution in [2.45, 2.75) is 84.5 Å². The molecule has 0 saturated heterocycles. The van der Waals surface area contributed by atoms with Crippen LogP contribution in [0.5, 0.6) is 0 Å². The van der Waals surface area contributed by atoms with E-state index in [4.69, 9.17) is 0 Å². The van der Waals surface area contributed by atoms with E-state index in [-0.39, 0.29) is 0 Å². The van der Waals surface area contributed by atoms with Gasteiger partial charge in [0.05, 0.1) is 0 Å². The molecule has 0 fully saturated rings. The monoisotopic (exact) mass is 346 g/mol. The minimum atomic E-state index is 0.362. The molecule has 1 aromatic carbocycles. The summed E-state index contributed by atoms with van der Waals surface area (Å²) in [5, 5.41) is 25.5. The first kappa shape index (κ1) is 21.2. The highest BCUT2D eigenvalue weighted by Crippen LogP contribution is 2.17. The van der Waals surface area contributed by atoms with Crippen molar-refractivity contribution >= 4 is 11.4 Å². The van der Waals surface area contributed by atoms with Gasteiger partial charge in [-0.1, -0.05) is 100 Å². The number of rotatable bonds is 12. The van der Waals surface area contributed by atoms with Gasteiger partial charge in [-0.3, -0.25) is 0 Å². The van der Waals surface area contributed by atoms with Crippen molar-refractivity contribution in [2.75, 3.05) is 0 Å². The molecule has 0 radical (unpaired) electrons. The molecule has 0 heterocycles. The van der Waals surface area contributed by atoms with Crippen LogP contribution < -0.4 is 0 Å². The molecule has 25 heavy (non-hydrogen) atoms. The molecule has 0 aromatic heterocycles. The number of hydrogen-bond donors (Lipinski definition) is 2. The topological polar surface area (TPSA) is 65.2 Å². The summed E-state index contributed by atoms with van der Waals surface area (Å²) in [6, 6.07) is 7.89. The normalized spacial score (nSPS) is 12.8. The van der Waals surface area contributed by atoms with E-state index in [1.54, 1.807) is 0 Å². The first-order valence-corrected chi connectivity index (χ1v) is 9.67. The van der Waals surface area contributed by atoms with Crippen LogP contribution in [0.2, 0.25) is 0 Å². The van der Waals surface area contributed by atoms with Crippen molar-refractivity contribution in [1.29, 1.82) is 0 Å². The quantitative estimate of drug-likeness (QED) is 0.200. The van der Waals surface area contributed by atoms with Gasteiger partial charge in [-0.25, -0.2) is 0 Å². The molecule has 0 amide bonds. The summed E-state index contributed by atoms with van der Waals surface area (Å²) in [5.41, 5.74) is 2.82. The second-order valence-electron chi connectivity index (χ2n) is 7.00. The Balaban J connectivity index is 2.48. The van der Waals surface area contributed by atoms with E-state index in [1.807, 2.05) is 24.3 Å². The molecule has 140 valence electrons. The average Bonchev–Trinajstić information content (AvgIpc) is 2.63. The Morgan fingerprint density at radius 1 is 0.840 bits per heavy atom. The molecule has 0 spiro atoms. The Labute approximate surface area is 152 Å². The second kappa shape index (κ2) is 12.5. The zero-order valence-electron chi connectivity index (χ0n) is 16.0. The maximum absolute atomic E-state index is 9.38. The molecule has 0 aliphatic rings. The predicted octanol–water partition coefficient (Wildman–Crippen LogP) is 6.35. The summed E-state index contributed by atoms with van der Waals surface area (Å²) in [6.45, 7) is 6.50. The minimum Gasteiger partial charge on any atom is -0.411 e. The number of nitrogens with zero attached hydrogens (tertiary/aromatic N) is 2. The summed E-state index contributed by atoms with van der Waals surface area (Å²) in [7, 11) is 0. The zero-order chi connectivity index (χ0) is 18.5. The molecule has 1 rings (SSSR count). The Morgan fingerprint density at radius 3 is 1.88 bits per heavy atom. The van der Waals surface area contributed by atoms with Crippen LogP contribution in [0, 0.1) is 0 Å². The van der Waals surface area contributed by atoms with Crippen LogP contribution in [0.4, 0.5) is 0 Å². The molecule has 4 heteroatoms. The fraction of sp³-hybridized carbons (Fsp3) is 0.619. The van der Waals surface area contributed by atoms with Gasteiger partial charge in [0.15, 0.2) is 0 Å². The molecule has 1 aromatic rings. The van der Waals surface area contributed by atoms with Gasteiger partial charge in [0.1, 0.15) is 11.4 Å². The van der Waals surface area contributed by atoms with E-state index >= 15 is 0 Å². The second-order valence-corrected chi connectivity index (χ2v) is 7.00. The summed E-state index contributed by atoms with van der Waals surface area (Å²) >= 11 is 0. The lowest BCUT2D eigenvalue weighted by atomic mass is 9.97. The molecular formula is C21H34N2O2. The lowest BCUT2D eigenvalue weighted by Gasteiger charge is -2.10. The van der Waals surface area contributed by atoms with Gasteiger partial charge in [-0.05, 0) is 24.3 Å². The average molecular weight is 347 g/mol. The minimum absolute atomic E-state index is 0.362. The Hall–Kier alpha value is -1.84. The molecule has 2 N–H and O–H groups in total. The first-order chi connectivity index (χ1) is 12.1. The summed E-state index contributed by atoms with van der Waals surface area (Å²) in [5.74, 6) is 0.451. The number of oxime groups is 2. The smallest absolute Gasteiger partial charge is 0.134 e. The highest BCUT2D eigenvalue weighted by molar-refractivity contribution is 6.48.